The summed E-state index contributed by atoms with van der Waals surface area (Å²) in [6.45, 7) is 2.82. The average molecular weight is 363 g/mol. The highest BCUT2D eigenvalue weighted by Gasteiger charge is 2.31. The first-order valence-corrected chi connectivity index (χ1v) is 9.33. The number of aromatic nitrogens is 2. The lowest BCUT2D eigenvalue weighted by Crippen LogP contribution is -2.46. The van der Waals surface area contributed by atoms with Crippen molar-refractivity contribution in [3.63, 3.8) is 0 Å². The van der Waals surface area contributed by atoms with E-state index in [1.54, 1.807) is 23.7 Å². The van der Waals surface area contributed by atoms with Gasteiger partial charge in [-0.3, -0.25) is 4.40 Å². The Morgan fingerprint density at radius 1 is 1.45 bits per heavy atom. The van der Waals surface area contributed by atoms with Crippen LogP contribution in [-0.2, 0) is 16.4 Å². The van der Waals surface area contributed by atoms with Gasteiger partial charge in [-0.05, 0) is 13.0 Å². The molecule has 9 heteroatoms. The monoisotopic (exact) mass is 362 g/mol. The summed E-state index contributed by atoms with van der Waals surface area (Å²) in [5.41, 5.74) is 7.28. The number of anilines is 1. The molecule has 0 aliphatic carbocycles. The van der Waals surface area contributed by atoms with Crippen LogP contribution in [0.3, 0.4) is 0 Å². The second-order valence-corrected chi connectivity index (χ2v) is 8.73. The van der Waals surface area contributed by atoms with Gasteiger partial charge in [-0.25, -0.2) is 13.4 Å². The molecule has 22 heavy (non-hydrogen) atoms. The zero-order valence-electron chi connectivity index (χ0n) is 12.0. The van der Waals surface area contributed by atoms with Crippen LogP contribution in [-0.4, -0.2) is 41.9 Å². The quantitative estimate of drug-likeness (QED) is 0.879. The van der Waals surface area contributed by atoms with Gasteiger partial charge in [0, 0.05) is 25.2 Å². The van der Waals surface area contributed by atoms with E-state index in [1.807, 2.05) is 4.90 Å². The predicted molar refractivity (Wildman–Crippen MR) is 88.6 cm³/mol. The summed E-state index contributed by atoms with van der Waals surface area (Å²) in [6, 6.07) is 1.77. The van der Waals surface area contributed by atoms with Crippen LogP contribution in [0, 0.1) is 0 Å². The highest BCUT2D eigenvalue weighted by atomic mass is 35.5. The molecule has 3 rings (SSSR count). The lowest BCUT2D eigenvalue weighted by atomic mass is 10.2. The number of nitrogens with two attached hydrogens (primary N) is 1. The summed E-state index contributed by atoms with van der Waals surface area (Å²) in [5.74, 6) is 0.924. The number of rotatable bonds is 2. The number of hydrogen-bond donors (Lipinski definition) is 1. The van der Waals surface area contributed by atoms with E-state index in [2.05, 4.69) is 4.98 Å². The Morgan fingerprint density at radius 2 is 2.18 bits per heavy atom. The number of imidazole rings is 1. The normalized spacial score (nSPS) is 21.5. The average Bonchev–Trinajstić information content (AvgIpc) is 2.84. The number of nitrogens with zero attached hydrogens (tertiary/aromatic N) is 3. The molecule has 1 saturated heterocycles. The van der Waals surface area contributed by atoms with Crippen LogP contribution in [0.1, 0.15) is 12.5 Å². The number of sulfone groups is 1. The summed E-state index contributed by atoms with van der Waals surface area (Å²) >= 11 is 12.4. The molecule has 1 aliphatic heterocycles. The van der Waals surface area contributed by atoms with E-state index < -0.39 is 15.1 Å². The van der Waals surface area contributed by atoms with Crippen molar-refractivity contribution >= 4 is 44.4 Å². The van der Waals surface area contributed by atoms with Crippen LogP contribution < -0.4 is 10.6 Å². The number of halogens is 2. The van der Waals surface area contributed by atoms with E-state index in [4.69, 9.17) is 28.9 Å². The zero-order chi connectivity index (χ0) is 16.1. The fraction of sp³-hybridized carbons (Fsp3) is 0.462. The molecule has 1 atom stereocenters. The molecule has 0 bridgehead atoms. The molecule has 2 N–H and O–H groups in total. The molecule has 1 fully saturated rings. The van der Waals surface area contributed by atoms with Crippen LogP contribution >= 0.6 is 23.2 Å². The molecular formula is C13H16Cl2N4O2S. The summed E-state index contributed by atoms with van der Waals surface area (Å²) in [5, 5.41) is 0.355. The smallest absolute Gasteiger partial charge is 0.156 e. The van der Waals surface area contributed by atoms with Gasteiger partial charge in [-0.2, -0.15) is 0 Å². The highest BCUT2D eigenvalue weighted by molar-refractivity contribution is 7.92. The highest BCUT2D eigenvalue weighted by Crippen LogP contribution is 2.33. The van der Waals surface area contributed by atoms with E-state index in [0.717, 1.165) is 11.4 Å². The SMILES string of the molecule is CC1CN(c2c(CN)cc(Cl)c3c(Cl)ncn23)CCS1(=O)=O. The summed E-state index contributed by atoms with van der Waals surface area (Å²) in [4.78, 5) is 6.10. The molecule has 6 nitrogen and oxygen atoms in total. The van der Waals surface area contributed by atoms with Crippen LogP contribution in [0.2, 0.25) is 10.2 Å². The van der Waals surface area contributed by atoms with Gasteiger partial charge in [0.2, 0.25) is 0 Å². The molecule has 3 heterocycles. The maximum atomic E-state index is 11.9. The predicted octanol–water partition coefficient (Wildman–Crippen LogP) is 1.72. The summed E-state index contributed by atoms with van der Waals surface area (Å²) < 4.78 is 25.6. The molecule has 0 radical (unpaired) electrons. The number of pyridine rings is 1. The molecule has 0 amide bonds. The van der Waals surface area contributed by atoms with E-state index >= 15 is 0 Å². The van der Waals surface area contributed by atoms with E-state index in [-0.39, 0.29) is 5.75 Å². The molecule has 0 spiro atoms. The summed E-state index contributed by atoms with van der Waals surface area (Å²) in [6.07, 6.45) is 1.59. The first-order chi connectivity index (χ1) is 10.3. The van der Waals surface area contributed by atoms with E-state index in [9.17, 15) is 8.42 Å². The second kappa shape index (κ2) is 5.56. The molecule has 0 saturated carbocycles. The Kier molecular flexibility index (Phi) is 4.01. The lowest BCUT2D eigenvalue weighted by Gasteiger charge is -2.34. The standard InChI is InChI=1S/C13H16Cl2N4O2S/c1-8-6-18(2-3-22(8,20)21)13-9(5-16)4-10(14)11-12(15)17-7-19(11)13/h4,7-8H,2-3,5-6,16H2,1H3. The molecule has 1 aliphatic rings. The molecule has 0 aromatic carbocycles. The molecule has 120 valence electrons. The van der Waals surface area contributed by atoms with Crippen molar-refractivity contribution in [3.05, 3.63) is 28.1 Å². The van der Waals surface area contributed by atoms with Gasteiger partial charge >= 0.3 is 0 Å². The third-order valence-corrected chi connectivity index (χ3v) is 6.71. The van der Waals surface area contributed by atoms with E-state index in [1.165, 1.54) is 0 Å². The van der Waals surface area contributed by atoms with Crippen LogP contribution in [0.25, 0.3) is 5.52 Å². The maximum Gasteiger partial charge on any atom is 0.156 e. The minimum absolute atomic E-state index is 0.116. The van der Waals surface area contributed by atoms with Crippen molar-refractivity contribution < 1.29 is 8.42 Å². The molecule has 2 aromatic rings. The largest absolute Gasteiger partial charge is 0.355 e. The van der Waals surface area contributed by atoms with Crippen LogP contribution in [0.15, 0.2) is 12.4 Å². The van der Waals surface area contributed by atoms with Gasteiger partial charge in [-0.1, -0.05) is 23.2 Å². The topological polar surface area (TPSA) is 80.7 Å². The Morgan fingerprint density at radius 3 is 2.82 bits per heavy atom. The summed E-state index contributed by atoms with van der Waals surface area (Å²) in [7, 11) is -3.03. The zero-order valence-corrected chi connectivity index (χ0v) is 14.3. The Hall–Kier alpha value is -1.02. The van der Waals surface area contributed by atoms with Gasteiger partial charge in [0.05, 0.1) is 16.0 Å². The van der Waals surface area contributed by atoms with Crippen LogP contribution in [0.5, 0.6) is 0 Å². The number of fused-ring (bicyclic) bond motifs is 1. The van der Waals surface area contributed by atoms with Crippen molar-refractivity contribution in [1.82, 2.24) is 9.38 Å². The van der Waals surface area contributed by atoms with Crippen molar-refractivity contribution in [2.24, 2.45) is 5.73 Å². The van der Waals surface area contributed by atoms with Crippen molar-refractivity contribution in [2.75, 3.05) is 23.7 Å². The fourth-order valence-electron chi connectivity index (χ4n) is 2.79. The first kappa shape index (κ1) is 15.9. The maximum absolute atomic E-state index is 11.9. The third-order valence-electron chi connectivity index (χ3n) is 4.02. The molecular weight excluding hydrogens is 347 g/mol. The lowest BCUT2D eigenvalue weighted by molar-refractivity contribution is 0.568. The van der Waals surface area contributed by atoms with Crippen molar-refractivity contribution in [1.29, 1.82) is 0 Å². The van der Waals surface area contributed by atoms with Crippen molar-refractivity contribution in [2.45, 2.75) is 18.7 Å². The Balaban J connectivity index is 2.16. The second-order valence-electron chi connectivity index (χ2n) is 5.42. The van der Waals surface area contributed by atoms with E-state index in [0.29, 0.717) is 35.3 Å². The van der Waals surface area contributed by atoms with Crippen molar-refractivity contribution in [3.8, 4) is 0 Å². The number of hydrogen-bond acceptors (Lipinski definition) is 5. The van der Waals surface area contributed by atoms with Gasteiger partial charge < -0.3 is 10.6 Å². The van der Waals surface area contributed by atoms with Gasteiger partial charge in [0.15, 0.2) is 15.0 Å². The Labute approximate surface area is 138 Å². The minimum atomic E-state index is -3.03. The van der Waals surface area contributed by atoms with Gasteiger partial charge in [0.1, 0.15) is 17.7 Å². The molecule has 1 unspecified atom stereocenters. The van der Waals surface area contributed by atoms with Gasteiger partial charge in [0.25, 0.3) is 0 Å². The first-order valence-electron chi connectivity index (χ1n) is 6.85. The van der Waals surface area contributed by atoms with Gasteiger partial charge in [-0.15, -0.1) is 0 Å². The fourth-order valence-corrected chi connectivity index (χ4v) is 4.67. The minimum Gasteiger partial charge on any atom is -0.355 e. The Bertz CT molecular complexity index is 834. The molecule has 2 aromatic heterocycles. The van der Waals surface area contributed by atoms with Crippen LogP contribution in [0.4, 0.5) is 5.82 Å². The third kappa shape index (κ3) is 2.46.